The molecule has 2 fully saturated rings. The molecule has 224 valence electrons. The van der Waals surface area contributed by atoms with E-state index in [4.69, 9.17) is 9.72 Å². The van der Waals surface area contributed by atoms with Gasteiger partial charge in [-0.25, -0.2) is 4.98 Å². The van der Waals surface area contributed by atoms with Crippen LogP contribution in [0.15, 0.2) is 30.9 Å². The molecule has 2 atom stereocenters. The van der Waals surface area contributed by atoms with Crippen LogP contribution in [-0.2, 0) is 23.9 Å². The molecule has 8 nitrogen and oxygen atoms in total. The SMILES string of the molecule is C=CC(=O)N1CCN(c2c(C#N)c(OCC3CCCN3C)nc3c2CCN(c2c(C)cccc2C(F)(F)F)C3)C(C)C1. The van der Waals surface area contributed by atoms with Crippen LogP contribution in [-0.4, -0.2) is 79.2 Å². The van der Waals surface area contributed by atoms with E-state index in [1.54, 1.807) is 22.8 Å². The Kier molecular flexibility index (Phi) is 8.37. The van der Waals surface area contributed by atoms with E-state index in [9.17, 15) is 23.2 Å². The number of carbonyl (C=O) groups excluding carboxylic acids is 1. The molecule has 3 aliphatic heterocycles. The van der Waals surface area contributed by atoms with Gasteiger partial charge >= 0.3 is 6.18 Å². The van der Waals surface area contributed by atoms with E-state index >= 15 is 0 Å². The highest BCUT2D eigenvalue weighted by atomic mass is 19.4. The van der Waals surface area contributed by atoms with Crippen molar-refractivity contribution in [3.8, 4) is 11.9 Å². The third-order valence-corrected chi connectivity index (χ3v) is 8.75. The normalized spacial score (nSPS) is 21.2. The number of likely N-dealkylation sites (N-methyl/N-ethyl adjacent to an activating group) is 1. The van der Waals surface area contributed by atoms with Crippen molar-refractivity contribution in [2.45, 2.75) is 57.9 Å². The van der Waals surface area contributed by atoms with Crippen molar-refractivity contribution in [1.82, 2.24) is 14.8 Å². The molecule has 0 spiro atoms. The maximum atomic E-state index is 14.0. The largest absolute Gasteiger partial charge is 0.475 e. The van der Waals surface area contributed by atoms with Crippen LogP contribution in [0.5, 0.6) is 5.88 Å². The van der Waals surface area contributed by atoms with E-state index in [-0.39, 0.29) is 36.1 Å². The van der Waals surface area contributed by atoms with E-state index in [2.05, 4.69) is 22.4 Å². The molecule has 0 saturated carbocycles. The molecule has 0 bridgehead atoms. The molecule has 2 aromatic rings. The molecule has 0 N–H and O–H groups in total. The van der Waals surface area contributed by atoms with Crippen LogP contribution in [0.3, 0.4) is 0 Å². The molecule has 1 amide bonds. The molecule has 4 heterocycles. The minimum absolute atomic E-state index is 0.110. The van der Waals surface area contributed by atoms with Crippen LogP contribution >= 0.6 is 0 Å². The van der Waals surface area contributed by atoms with Crippen molar-refractivity contribution < 1.29 is 22.7 Å². The minimum atomic E-state index is -4.50. The van der Waals surface area contributed by atoms with Gasteiger partial charge in [-0.05, 0) is 64.4 Å². The number of nitrogens with zero attached hydrogens (tertiary/aromatic N) is 6. The summed E-state index contributed by atoms with van der Waals surface area (Å²) >= 11 is 0. The summed E-state index contributed by atoms with van der Waals surface area (Å²) < 4.78 is 48.4. The molecule has 42 heavy (non-hydrogen) atoms. The van der Waals surface area contributed by atoms with E-state index in [1.165, 1.54) is 12.1 Å². The zero-order valence-corrected chi connectivity index (χ0v) is 24.4. The number of rotatable bonds is 6. The second kappa shape index (κ2) is 11.8. The lowest BCUT2D eigenvalue weighted by molar-refractivity contribution is -0.137. The van der Waals surface area contributed by atoms with Crippen molar-refractivity contribution in [3.63, 3.8) is 0 Å². The van der Waals surface area contributed by atoms with Gasteiger partial charge in [0.1, 0.15) is 18.2 Å². The number of likely N-dealkylation sites (tertiary alicyclic amines) is 1. The zero-order chi connectivity index (χ0) is 30.2. The summed E-state index contributed by atoms with van der Waals surface area (Å²) in [5, 5.41) is 10.4. The zero-order valence-electron chi connectivity index (χ0n) is 24.4. The molecule has 2 saturated heterocycles. The number of pyridine rings is 1. The van der Waals surface area contributed by atoms with Crippen LogP contribution in [0.2, 0.25) is 0 Å². The van der Waals surface area contributed by atoms with E-state index in [1.807, 2.05) is 14.0 Å². The molecule has 0 radical (unpaired) electrons. The Morgan fingerprint density at radius 3 is 2.67 bits per heavy atom. The third-order valence-electron chi connectivity index (χ3n) is 8.75. The average molecular weight is 583 g/mol. The number of piperazine rings is 1. The van der Waals surface area contributed by atoms with Gasteiger partial charge in [0, 0.05) is 43.8 Å². The number of ether oxygens (including phenoxy) is 1. The predicted octanol–water partition coefficient (Wildman–Crippen LogP) is 4.54. The quantitative estimate of drug-likeness (QED) is 0.463. The molecule has 1 aromatic heterocycles. The Hall–Kier alpha value is -3.78. The van der Waals surface area contributed by atoms with Crippen molar-refractivity contribution in [1.29, 1.82) is 5.26 Å². The molecule has 3 aliphatic rings. The Bertz CT molecular complexity index is 1400. The summed E-state index contributed by atoms with van der Waals surface area (Å²) in [6.45, 7) is 10.6. The fraction of sp³-hybridized carbons (Fsp3) is 0.516. The maximum Gasteiger partial charge on any atom is 0.418 e. The highest BCUT2D eigenvalue weighted by Crippen LogP contribution is 2.43. The number of alkyl halides is 3. The number of carbonyl (C=O) groups is 1. The number of aromatic nitrogens is 1. The first-order chi connectivity index (χ1) is 20.0. The summed E-state index contributed by atoms with van der Waals surface area (Å²) in [7, 11) is 2.04. The molecule has 0 aliphatic carbocycles. The number of hydrogen-bond donors (Lipinski definition) is 0. The highest BCUT2D eigenvalue weighted by Gasteiger charge is 2.38. The third kappa shape index (κ3) is 5.64. The summed E-state index contributed by atoms with van der Waals surface area (Å²) in [6, 6.07) is 6.67. The fourth-order valence-corrected chi connectivity index (χ4v) is 6.54. The monoisotopic (exact) mass is 582 g/mol. The first kappa shape index (κ1) is 29.7. The van der Waals surface area contributed by atoms with Gasteiger partial charge in [-0.15, -0.1) is 0 Å². The number of aryl methyl sites for hydroxylation is 1. The number of halogens is 3. The number of anilines is 2. The van der Waals surface area contributed by atoms with Gasteiger partial charge in [0.25, 0.3) is 0 Å². The lowest BCUT2D eigenvalue weighted by Gasteiger charge is -2.43. The Balaban J connectivity index is 1.56. The Morgan fingerprint density at radius 2 is 2.02 bits per heavy atom. The van der Waals surface area contributed by atoms with Crippen molar-refractivity contribution in [2.24, 2.45) is 0 Å². The predicted molar refractivity (Wildman–Crippen MR) is 155 cm³/mol. The van der Waals surface area contributed by atoms with Gasteiger partial charge in [0.05, 0.1) is 29.2 Å². The standard InChI is InChI=1S/C31H37F3N6O2/c1-5-27(41)38-14-15-40(21(3)17-38)29-23-11-13-39(28-20(2)8-6-10-25(28)31(32,33)34)18-26(23)36-30(24(29)16-35)42-19-22-9-7-12-37(22)4/h5-6,8,10,21-22H,1,7,9,11-15,17-19H2,2-4H3. The topological polar surface area (TPSA) is 75.9 Å². The molecular formula is C31H37F3N6O2. The number of nitriles is 1. The Labute approximate surface area is 245 Å². The number of fused-ring (bicyclic) bond motifs is 1. The summed E-state index contributed by atoms with van der Waals surface area (Å²) in [6.07, 6.45) is -0.726. The second-order valence-electron chi connectivity index (χ2n) is 11.4. The van der Waals surface area contributed by atoms with E-state index < -0.39 is 11.7 Å². The van der Waals surface area contributed by atoms with Crippen molar-refractivity contribution in [2.75, 3.05) is 56.2 Å². The van der Waals surface area contributed by atoms with Crippen LogP contribution in [0, 0.1) is 18.3 Å². The van der Waals surface area contributed by atoms with Gasteiger partial charge < -0.3 is 24.3 Å². The number of benzene rings is 1. The Morgan fingerprint density at radius 1 is 1.24 bits per heavy atom. The van der Waals surface area contributed by atoms with Crippen LogP contribution in [0.25, 0.3) is 0 Å². The molecule has 11 heteroatoms. The number of para-hydroxylation sites is 1. The van der Waals surface area contributed by atoms with E-state index in [0.29, 0.717) is 56.0 Å². The van der Waals surface area contributed by atoms with Gasteiger partial charge in [-0.3, -0.25) is 4.79 Å². The lowest BCUT2D eigenvalue weighted by atomic mass is 9.95. The van der Waals surface area contributed by atoms with Gasteiger partial charge in [0.15, 0.2) is 0 Å². The van der Waals surface area contributed by atoms with Gasteiger partial charge in [0.2, 0.25) is 11.8 Å². The summed E-state index contributed by atoms with van der Waals surface area (Å²) in [5.41, 5.74) is 2.55. The minimum Gasteiger partial charge on any atom is -0.475 e. The fourth-order valence-electron chi connectivity index (χ4n) is 6.54. The summed E-state index contributed by atoms with van der Waals surface area (Å²) in [4.78, 5) is 25.0. The van der Waals surface area contributed by atoms with Crippen molar-refractivity contribution in [3.05, 3.63) is 58.8 Å². The van der Waals surface area contributed by atoms with E-state index in [0.717, 1.165) is 36.7 Å². The number of hydrogen-bond acceptors (Lipinski definition) is 7. The molecular weight excluding hydrogens is 545 g/mol. The first-order valence-corrected chi connectivity index (χ1v) is 14.4. The highest BCUT2D eigenvalue weighted by molar-refractivity contribution is 5.87. The average Bonchev–Trinajstić information content (AvgIpc) is 3.38. The van der Waals surface area contributed by atoms with Gasteiger partial charge in [-0.1, -0.05) is 18.7 Å². The molecule has 1 aromatic carbocycles. The molecule has 2 unspecified atom stereocenters. The molecule has 5 rings (SSSR count). The van der Waals surface area contributed by atoms with Crippen LogP contribution in [0.1, 0.15) is 47.7 Å². The number of amides is 1. The lowest BCUT2D eigenvalue weighted by Crippen LogP contribution is -2.54. The van der Waals surface area contributed by atoms with Gasteiger partial charge in [-0.2, -0.15) is 18.4 Å². The second-order valence-corrected chi connectivity index (χ2v) is 11.4. The van der Waals surface area contributed by atoms with Crippen LogP contribution in [0.4, 0.5) is 24.5 Å². The van der Waals surface area contributed by atoms with Crippen molar-refractivity contribution >= 4 is 17.3 Å². The maximum absolute atomic E-state index is 14.0. The smallest absolute Gasteiger partial charge is 0.418 e. The summed E-state index contributed by atoms with van der Waals surface area (Å²) in [5.74, 6) is 0.0730. The van der Waals surface area contributed by atoms with Crippen LogP contribution < -0.4 is 14.5 Å². The first-order valence-electron chi connectivity index (χ1n) is 14.4.